The number of ether oxygens (including phenoxy) is 3. The quantitative estimate of drug-likeness (QED) is 0.237. The first-order valence-corrected chi connectivity index (χ1v) is 10.7. The van der Waals surface area contributed by atoms with E-state index in [9.17, 15) is 40.2 Å². The monoisotopic (exact) mass is 488 g/mol. The lowest BCUT2D eigenvalue weighted by Crippen LogP contribution is -2.60. The Morgan fingerprint density at radius 2 is 1.63 bits per heavy atom. The summed E-state index contributed by atoms with van der Waals surface area (Å²) in [6, 6.07) is 11.7. The second kappa shape index (κ2) is 10.0. The van der Waals surface area contributed by atoms with Gasteiger partial charge in [0.15, 0.2) is 0 Å². The average molecular weight is 488 g/mol. The molecule has 7 atom stereocenters. The molecule has 186 valence electrons. The summed E-state index contributed by atoms with van der Waals surface area (Å²) in [4.78, 5) is 24.5. The minimum atomic E-state index is -1.60. The second-order valence-electron chi connectivity index (χ2n) is 8.22. The van der Waals surface area contributed by atoms with E-state index in [1.54, 1.807) is 0 Å². The SMILES string of the molecule is O=C1O[C@H](c2ccc(O[C@@H]3O[C@@H](CO)[C@@H](O)[C@@H](O)[C@H]3O)cc2)[C@@H](C(=O)O)C1=Cc1ccc(O)cc1. The number of aliphatic hydroxyl groups excluding tert-OH is 4. The van der Waals surface area contributed by atoms with Gasteiger partial charge in [-0.3, -0.25) is 4.79 Å². The zero-order valence-corrected chi connectivity index (χ0v) is 18.2. The molecule has 11 nitrogen and oxygen atoms in total. The van der Waals surface area contributed by atoms with Crippen LogP contribution >= 0.6 is 0 Å². The highest BCUT2D eigenvalue weighted by Crippen LogP contribution is 2.40. The lowest BCUT2D eigenvalue weighted by atomic mass is 9.90. The molecule has 2 fully saturated rings. The Bertz CT molecular complexity index is 1090. The van der Waals surface area contributed by atoms with Crippen LogP contribution in [0.15, 0.2) is 54.1 Å². The molecule has 2 aliphatic heterocycles. The average Bonchev–Trinajstić information content (AvgIpc) is 3.17. The topological polar surface area (TPSA) is 183 Å². The fourth-order valence-electron chi connectivity index (χ4n) is 4.00. The Morgan fingerprint density at radius 1 is 0.971 bits per heavy atom. The maximum atomic E-state index is 12.5. The molecule has 0 saturated carbocycles. The highest BCUT2D eigenvalue weighted by Gasteiger charge is 2.46. The van der Waals surface area contributed by atoms with Gasteiger partial charge >= 0.3 is 11.9 Å². The predicted molar refractivity (Wildman–Crippen MR) is 117 cm³/mol. The van der Waals surface area contributed by atoms with Crippen LogP contribution in [0.5, 0.6) is 11.5 Å². The van der Waals surface area contributed by atoms with Gasteiger partial charge in [-0.2, -0.15) is 0 Å². The van der Waals surface area contributed by atoms with E-state index >= 15 is 0 Å². The lowest BCUT2D eigenvalue weighted by Gasteiger charge is -2.39. The summed E-state index contributed by atoms with van der Waals surface area (Å²) in [6.45, 7) is -0.604. The molecule has 2 heterocycles. The number of aliphatic carboxylic acids is 1. The maximum Gasteiger partial charge on any atom is 0.335 e. The molecule has 0 amide bonds. The Morgan fingerprint density at radius 3 is 2.23 bits per heavy atom. The Labute approximate surface area is 199 Å². The molecule has 0 bridgehead atoms. The molecule has 6 N–H and O–H groups in total. The van der Waals surface area contributed by atoms with Crippen LogP contribution in [0.1, 0.15) is 17.2 Å². The summed E-state index contributed by atoms with van der Waals surface area (Å²) in [5.74, 6) is -3.12. The van der Waals surface area contributed by atoms with E-state index in [1.807, 2.05) is 0 Å². The van der Waals surface area contributed by atoms with Crippen LogP contribution < -0.4 is 4.74 Å². The molecule has 4 rings (SSSR count). The van der Waals surface area contributed by atoms with E-state index in [-0.39, 0.29) is 17.1 Å². The van der Waals surface area contributed by atoms with E-state index in [2.05, 4.69) is 0 Å². The summed E-state index contributed by atoms with van der Waals surface area (Å²) < 4.78 is 16.2. The number of phenols is 1. The van der Waals surface area contributed by atoms with Crippen molar-refractivity contribution in [1.29, 1.82) is 0 Å². The predicted octanol–water partition coefficient (Wildman–Crippen LogP) is -0.0468. The third-order valence-electron chi connectivity index (χ3n) is 5.90. The zero-order chi connectivity index (χ0) is 25.3. The van der Waals surface area contributed by atoms with Crippen molar-refractivity contribution in [1.82, 2.24) is 0 Å². The lowest BCUT2D eigenvalue weighted by molar-refractivity contribution is -0.277. The number of carboxylic acids is 1. The largest absolute Gasteiger partial charge is 0.508 e. The first-order valence-electron chi connectivity index (χ1n) is 10.7. The summed E-state index contributed by atoms with van der Waals surface area (Å²) in [7, 11) is 0. The molecule has 2 saturated heterocycles. The van der Waals surface area contributed by atoms with Crippen LogP contribution in [-0.4, -0.2) is 79.9 Å². The van der Waals surface area contributed by atoms with Gasteiger partial charge < -0.3 is 44.8 Å². The highest BCUT2D eigenvalue weighted by molar-refractivity contribution is 6.02. The Kier molecular flexibility index (Phi) is 7.05. The summed E-state index contributed by atoms with van der Waals surface area (Å²) in [6.07, 6.45) is -6.93. The van der Waals surface area contributed by atoms with Crippen molar-refractivity contribution >= 4 is 18.0 Å². The van der Waals surface area contributed by atoms with Gasteiger partial charge in [0, 0.05) is 0 Å². The third kappa shape index (κ3) is 4.99. The molecular formula is C24H24O11. The molecule has 0 radical (unpaired) electrons. The molecule has 0 aromatic heterocycles. The molecule has 0 unspecified atom stereocenters. The van der Waals surface area contributed by atoms with Gasteiger partial charge in [0.05, 0.1) is 12.2 Å². The Balaban J connectivity index is 1.53. The number of hydrogen-bond donors (Lipinski definition) is 6. The standard InChI is InChI=1S/C24H24O11/c25-10-16-18(27)19(28)20(29)24(34-16)33-14-7-3-12(4-8-14)21-17(22(30)31)15(23(32)35-21)9-11-1-5-13(26)6-2-11/h1-9,16-21,24-29H,10H2,(H,30,31)/t16-,17-,18+,19+,20+,21+,24+/m0/s1. The van der Waals surface area contributed by atoms with Crippen molar-refractivity contribution < 1.29 is 54.4 Å². The van der Waals surface area contributed by atoms with Crippen LogP contribution in [0.3, 0.4) is 0 Å². The molecule has 2 aromatic carbocycles. The van der Waals surface area contributed by atoms with Crippen LogP contribution in [0.25, 0.3) is 6.08 Å². The first-order chi connectivity index (χ1) is 16.7. The summed E-state index contributed by atoms with van der Waals surface area (Å²) in [5.41, 5.74) is 0.848. The molecule has 0 spiro atoms. The summed E-state index contributed by atoms with van der Waals surface area (Å²) >= 11 is 0. The fraction of sp³-hybridized carbons (Fsp3) is 0.333. The van der Waals surface area contributed by atoms with Crippen molar-refractivity contribution in [3.63, 3.8) is 0 Å². The van der Waals surface area contributed by atoms with Crippen LogP contribution in [0.2, 0.25) is 0 Å². The van der Waals surface area contributed by atoms with E-state index in [4.69, 9.17) is 14.2 Å². The van der Waals surface area contributed by atoms with Gasteiger partial charge in [-0.15, -0.1) is 0 Å². The van der Waals surface area contributed by atoms with Gasteiger partial charge in [0.25, 0.3) is 0 Å². The second-order valence-corrected chi connectivity index (χ2v) is 8.22. The van der Waals surface area contributed by atoms with Gasteiger partial charge in [0.1, 0.15) is 47.9 Å². The first kappa shape index (κ1) is 24.6. The van der Waals surface area contributed by atoms with Crippen molar-refractivity contribution in [2.75, 3.05) is 6.61 Å². The number of esters is 1. The van der Waals surface area contributed by atoms with Crippen LogP contribution in [0, 0.1) is 5.92 Å². The smallest absolute Gasteiger partial charge is 0.335 e. The molecule has 0 aliphatic carbocycles. The summed E-state index contributed by atoms with van der Waals surface area (Å²) in [5, 5.41) is 58.4. The molecule has 11 heteroatoms. The number of benzene rings is 2. The molecule has 2 aliphatic rings. The van der Waals surface area contributed by atoms with E-state index in [1.165, 1.54) is 54.6 Å². The number of carbonyl (C=O) groups is 2. The van der Waals surface area contributed by atoms with Gasteiger partial charge in [-0.05, 0) is 41.5 Å². The van der Waals surface area contributed by atoms with Crippen molar-refractivity contribution in [3.8, 4) is 11.5 Å². The van der Waals surface area contributed by atoms with E-state index in [0.717, 1.165) is 0 Å². The number of phenolic OH excluding ortho intramolecular Hbond substituents is 1. The number of aromatic hydroxyl groups is 1. The maximum absolute atomic E-state index is 12.5. The fourth-order valence-corrected chi connectivity index (χ4v) is 4.00. The number of hydrogen-bond acceptors (Lipinski definition) is 10. The number of aliphatic hydroxyl groups is 4. The molecule has 35 heavy (non-hydrogen) atoms. The van der Waals surface area contributed by atoms with Crippen molar-refractivity contribution in [2.45, 2.75) is 36.8 Å². The normalized spacial score (nSPS) is 31.8. The molecule has 2 aromatic rings. The number of cyclic esters (lactones) is 1. The van der Waals surface area contributed by atoms with E-state index < -0.39 is 61.3 Å². The van der Waals surface area contributed by atoms with Gasteiger partial charge in [-0.25, -0.2) is 4.79 Å². The highest BCUT2D eigenvalue weighted by atomic mass is 16.7. The van der Waals surface area contributed by atoms with Crippen LogP contribution in [0.4, 0.5) is 0 Å². The van der Waals surface area contributed by atoms with Crippen LogP contribution in [-0.2, 0) is 19.1 Å². The minimum Gasteiger partial charge on any atom is -0.508 e. The minimum absolute atomic E-state index is 0.0276. The van der Waals surface area contributed by atoms with E-state index in [0.29, 0.717) is 11.1 Å². The zero-order valence-electron chi connectivity index (χ0n) is 18.2. The van der Waals surface area contributed by atoms with Gasteiger partial charge in [-0.1, -0.05) is 24.3 Å². The van der Waals surface area contributed by atoms with Crippen molar-refractivity contribution in [3.05, 3.63) is 65.2 Å². The molecular weight excluding hydrogens is 464 g/mol. The number of carbonyl (C=O) groups excluding carboxylic acids is 1. The number of carboxylic acid groups (broad SMARTS) is 1. The van der Waals surface area contributed by atoms with Gasteiger partial charge in [0.2, 0.25) is 6.29 Å². The number of rotatable bonds is 6. The van der Waals surface area contributed by atoms with Crippen molar-refractivity contribution in [2.24, 2.45) is 5.92 Å². The Hall–Kier alpha value is -3.48. The third-order valence-corrected chi connectivity index (χ3v) is 5.90.